The van der Waals surface area contributed by atoms with Crippen LogP contribution < -0.4 is 4.74 Å². The summed E-state index contributed by atoms with van der Waals surface area (Å²) >= 11 is 0. The summed E-state index contributed by atoms with van der Waals surface area (Å²) in [6, 6.07) is 3.92. The van der Waals surface area contributed by atoms with Gasteiger partial charge in [0.25, 0.3) is 0 Å². The van der Waals surface area contributed by atoms with Gasteiger partial charge in [-0.25, -0.2) is 4.98 Å². The Morgan fingerprint density at radius 3 is 2.24 bits per heavy atom. The molecular formula is C24H37N3O2. The SMILES string of the molecule is CC(C)(C)OC1CC(Oc2ccc(C#CCN3CCN(C(C)(C)C)CC3)nc2)C1. The highest BCUT2D eigenvalue weighted by molar-refractivity contribution is 5.31. The molecular weight excluding hydrogens is 362 g/mol. The lowest BCUT2D eigenvalue weighted by Gasteiger charge is -2.41. The molecule has 2 heterocycles. The van der Waals surface area contributed by atoms with Crippen molar-refractivity contribution in [2.75, 3.05) is 32.7 Å². The van der Waals surface area contributed by atoms with Gasteiger partial charge in [0.2, 0.25) is 0 Å². The largest absolute Gasteiger partial charge is 0.489 e. The molecule has 3 rings (SSSR count). The Balaban J connectivity index is 1.39. The van der Waals surface area contributed by atoms with Gasteiger partial charge < -0.3 is 9.47 Å². The van der Waals surface area contributed by atoms with E-state index in [9.17, 15) is 0 Å². The molecule has 0 unspecified atom stereocenters. The molecule has 0 amide bonds. The number of piperazine rings is 1. The molecule has 0 aromatic carbocycles. The van der Waals surface area contributed by atoms with E-state index in [2.05, 4.69) is 68.2 Å². The highest BCUT2D eigenvalue weighted by atomic mass is 16.5. The van der Waals surface area contributed by atoms with Crippen molar-refractivity contribution in [3.8, 4) is 17.6 Å². The Labute approximate surface area is 176 Å². The van der Waals surface area contributed by atoms with Crippen molar-refractivity contribution in [1.82, 2.24) is 14.8 Å². The minimum atomic E-state index is -0.0856. The monoisotopic (exact) mass is 399 g/mol. The van der Waals surface area contributed by atoms with Crippen LogP contribution >= 0.6 is 0 Å². The molecule has 1 aromatic heterocycles. The summed E-state index contributed by atoms with van der Waals surface area (Å²) in [5.74, 6) is 7.27. The summed E-state index contributed by atoms with van der Waals surface area (Å²) in [5, 5.41) is 0. The van der Waals surface area contributed by atoms with Gasteiger partial charge in [-0.05, 0) is 59.6 Å². The lowest BCUT2D eigenvalue weighted by atomic mass is 9.91. The summed E-state index contributed by atoms with van der Waals surface area (Å²) in [7, 11) is 0. The second kappa shape index (κ2) is 9.04. The van der Waals surface area contributed by atoms with Crippen molar-refractivity contribution in [2.45, 2.75) is 77.7 Å². The second-order valence-electron chi connectivity index (χ2n) is 10.2. The predicted octanol–water partition coefficient (Wildman–Crippen LogP) is 3.57. The molecule has 0 atom stereocenters. The van der Waals surface area contributed by atoms with Crippen LogP contribution in [0.5, 0.6) is 5.75 Å². The van der Waals surface area contributed by atoms with E-state index in [0.717, 1.165) is 57.0 Å². The fourth-order valence-electron chi connectivity index (χ4n) is 3.74. The van der Waals surface area contributed by atoms with Crippen LogP contribution in [0.2, 0.25) is 0 Å². The van der Waals surface area contributed by atoms with Crippen molar-refractivity contribution in [2.24, 2.45) is 0 Å². The number of pyridine rings is 1. The molecule has 1 aromatic rings. The molecule has 29 heavy (non-hydrogen) atoms. The van der Waals surface area contributed by atoms with Gasteiger partial charge in [-0.1, -0.05) is 5.92 Å². The summed E-state index contributed by atoms with van der Waals surface area (Å²) < 4.78 is 11.9. The molecule has 0 spiro atoms. The first kappa shape index (κ1) is 22.1. The van der Waals surface area contributed by atoms with Crippen LogP contribution in [0.1, 0.15) is 60.1 Å². The molecule has 2 aliphatic rings. The summed E-state index contributed by atoms with van der Waals surface area (Å²) in [6.45, 7) is 18.3. The normalized spacial score (nSPS) is 23.8. The number of ether oxygens (including phenoxy) is 2. The quantitative estimate of drug-likeness (QED) is 0.724. The summed E-state index contributed by atoms with van der Waals surface area (Å²) in [4.78, 5) is 9.39. The van der Waals surface area contributed by atoms with Crippen molar-refractivity contribution < 1.29 is 9.47 Å². The molecule has 1 aliphatic carbocycles. The molecule has 0 radical (unpaired) electrons. The van der Waals surface area contributed by atoms with Crippen molar-refractivity contribution >= 4 is 0 Å². The maximum absolute atomic E-state index is 5.98. The van der Waals surface area contributed by atoms with Crippen LogP contribution in [0.3, 0.4) is 0 Å². The predicted molar refractivity (Wildman–Crippen MR) is 117 cm³/mol. The third-order valence-corrected chi connectivity index (χ3v) is 5.45. The van der Waals surface area contributed by atoms with Gasteiger partial charge in [0, 0.05) is 44.6 Å². The first-order valence-electron chi connectivity index (χ1n) is 10.9. The van der Waals surface area contributed by atoms with E-state index in [1.54, 1.807) is 6.20 Å². The van der Waals surface area contributed by atoms with Gasteiger partial charge in [-0.15, -0.1) is 0 Å². The topological polar surface area (TPSA) is 37.8 Å². The number of aromatic nitrogens is 1. The molecule has 5 nitrogen and oxygen atoms in total. The van der Waals surface area contributed by atoms with Crippen LogP contribution in [0.4, 0.5) is 0 Å². The van der Waals surface area contributed by atoms with E-state index in [1.807, 2.05) is 12.1 Å². The Bertz CT molecular complexity index is 708. The van der Waals surface area contributed by atoms with Gasteiger partial charge in [0.1, 0.15) is 17.5 Å². The van der Waals surface area contributed by atoms with Crippen molar-refractivity contribution in [3.05, 3.63) is 24.0 Å². The summed E-state index contributed by atoms with van der Waals surface area (Å²) in [6.07, 6.45) is 4.21. The van der Waals surface area contributed by atoms with Crippen LogP contribution in [0.25, 0.3) is 0 Å². The first-order chi connectivity index (χ1) is 13.6. The molecule has 2 fully saturated rings. The minimum Gasteiger partial charge on any atom is -0.489 e. The van der Waals surface area contributed by atoms with E-state index in [0.29, 0.717) is 6.10 Å². The van der Waals surface area contributed by atoms with E-state index in [4.69, 9.17) is 9.47 Å². The minimum absolute atomic E-state index is 0.0856. The number of rotatable bonds is 4. The average molecular weight is 400 g/mol. The van der Waals surface area contributed by atoms with Crippen LogP contribution in [0, 0.1) is 11.8 Å². The zero-order valence-electron chi connectivity index (χ0n) is 19.0. The first-order valence-corrected chi connectivity index (χ1v) is 10.9. The van der Waals surface area contributed by atoms with E-state index in [-0.39, 0.29) is 17.2 Å². The van der Waals surface area contributed by atoms with Crippen LogP contribution in [-0.2, 0) is 4.74 Å². The second-order valence-corrected chi connectivity index (χ2v) is 10.2. The molecule has 5 heteroatoms. The molecule has 1 saturated carbocycles. The smallest absolute Gasteiger partial charge is 0.138 e. The standard InChI is InChI=1S/C24H37N3O2/c1-23(2,3)27-14-12-26(13-15-27)11-7-8-19-9-10-20(18-25-19)28-21-16-22(17-21)29-24(4,5)6/h9-10,18,21-22H,11-17H2,1-6H3. The zero-order valence-corrected chi connectivity index (χ0v) is 19.0. The fraction of sp³-hybridized carbons (Fsp3) is 0.708. The fourth-order valence-corrected chi connectivity index (χ4v) is 3.74. The van der Waals surface area contributed by atoms with Crippen molar-refractivity contribution in [1.29, 1.82) is 0 Å². The maximum atomic E-state index is 5.98. The third-order valence-electron chi connectivity index (χ3n) is 5.45. The molecule has 0 N–H and O–H groups in total. The number of hydrogen-bond acceptors (Lipinski definition) is 5. The molecule has 0 bridgehead atoms. The van der Waals surface area contributed by atoms with E-state index >= 15 is 0 Å². The van der Waals surface area contributed by atoms with Crippen LogP contribution in [0.15, 0.2) is 18.3 Å². The van der Waals surface area contributed by atoms with E-state index in [1.165, 1.54) is 0 Å². The Kier molecular flexibility index (Phi) is 6.88. The Hall–Kier alpha value is -1.61. The summed E-state index contributed by atoms with van der Waals surface area (Å²) in [5.41, 5.74) is 0.969. The molecule has 160 valence electrons. The zero-order chi connectivity index (χ0) is 21.1. The average Bonchev–Trinajstić information content (AvgIpc) is 2.60. The van der Waals surface area contributed by atoms with Gasteiger partial charge >= 0.3 is 0 Å². The number of nitrogens with zero attached hydrogens (tertiary/aromatic N) is 3. The third kappa shape index (κ3) is 6.99. The van der Waals surface area contributed by atoms with Crippen LogP contribution in [-0.4, -0.2) is 70.9 Å². The number of hydrogen-bond donors (Lipinski definition) is 0. The lowest BCUT2D eigenvalue weighted by Crippen LogP contribution is -2.53. The van der Waals surface area contributed by atoms with E-state index < -0.39 is 0 Å². The van der Waals surface area contributed by atoms with Gasteiger partial charge in [0.05, 0.1) is 24.4 Å². The van der Waals surface area contributed by atoms with Crippen molar-refractivity contribution in [3.63, 3.8) is 0 Å². The molecule has 1 saturated heterocycles. The Morgan fingerprint density at radius 1 is 1.00 bits per heavy atom. The lowest BCUT2D eigenvalue weighted by molar-refractivity contribution is -0.126. The van der Waals surface area contributed by atoms with Gasteiger partial charge in [-0.3, -0.25) is 9.80 Å². The Morgan fingerprint density at radius 2 is 1.69 bits per heavy atom. The van der Waals surface area contributed by atoms with Gasteiger partial charge in [0.15, 0.2) is 0 Å². The highest BCUT2D eigenvalue weighted by Gasteiger charge is 2.34. The molecule has 1 aliphatic heterocycles. The highest BCUT2D eigenvalue weighted by Crippen LogP contribution is 2.30. The van der Waals surface area contributed by atoms with Gasteiger partial charge in [-0.2, -0.15) is 0 Å². The maximum Gasteiger partial charge on any atom is 0.138 e.